The molecule has 2 N–H and O–H groups in total. The van der Waals surface area contributed by atoms with E-state index >= 15 is 0 Å². The number of nitrogen functional groups attached to an aromatic ring is 1. The molecule has 1 heterocycles. The van der Waals surface area contributed by atoms with E-state index in [-0.39, 0.29) is 0 Å². The first-order chi connectivity index (χ1) is 8.99. The summed E-state index contributed by atoms with van der Waals surface area (Å²) in [6.07, 6.45) is 0. The van der Waals surface area contributed by atoms with E-state index in [9.17, 15) is 0 Å². The molecule has 0 aliphatic carbocycles. The number of nitrogens with zero attached hydrogens (tertiary/aromatic N) is 2. The van der Waals surface area contributed by atoms with E-state index in [4.69, 9.17) is 15.2 Å². The number of hydrogen-bond acceptors (Lipinski definition) is 4. The zero-order valence-corrected chi connectivity index (χ0v) is 11.9. The zero-order chi connectivity index (χ0) is 14.2. The highest BCUT2D eigenvalue weighted by Gasteiger charge is 2.18. The molecule has 0 unspecified atom stereocenters. The standard InChI is InChI=1S/C14H19N3O2/c1-8-6-12(19-5)10(7-11(8)18-4)13-9(2)14(15)16-17(13)3/h6-7H,1-5H3,(H2,15,16). The Kier molecular flexibility index (Phi) is 3.38. The van der Waals surface area contributed by atoms with E-state index in [2.05, 4.69) is 5.10 Å². The SMILES string of the molecule is COc1cc(-c2c(C)c(N)nn2C)c(OC)cc1C. The number of hydrogen-bond donors (Lipinski definition) is 1. The van der Waals surface area contributed by atoms with Gasteiger partial charge >= 0.3 is 0 Å². The van der Waals surface area contributed by atoms with Crippen LogP contribution in [-0.2, 0) is 7.05 Å². The van der Waals surface area contributed by atoms with Crippen LogP contribution in [0, 0.1) is 13.8 Å². The van der Waals surface area contributed by atoms with Gasteiger partial charge < -0.3 is 15.2 Å². The van der Waals surface area contributed by atoms with Gasteiger partial charge in [0.05, 0.1) is 19.9 Å². The Hall–Kier alpha value is -2.17. The fourth-order valence-electron chi connectivity index (χ4n) is 2.26. The molecule has 2 rings (SSSR count). The van der Waals surface area contributed by atoms with Gasteiger partial charge in [-0.15, -0.1) is 0 Å². The lowest BCUT2D eigenvalue weighted by Gasteiger charge is -2.14. The summed E-state index contributed by atoms with van der Waals surface area (Å²) in [6.45, 7) is 3.93. The van der Waals surface area contributed by atoms with Crippen molar-refractivity contribution in [1.82, 2.24) is 9.78 Å². The van der Waals surface area contributed by atoms with E-state index < -0.39 is 0 Å². The Balaban J connectivity index is 2.73. The van der Waals surface area contributed by atoms with Gasteiger partial charge in [-0.1, -0.05) is 0 Å². The third-order valence-electron chi connectivity index (χ3n) is 3.29. The van der Waals surface area contributed by atoms with Crippen LogP contribution in [0.5, 0.6) is 11.5 Å². The molecule has 2 aromatic rings. The van der Waals surface area contributed by atoms with Crippen molar-refractivity contribution in [2.75, 3.05) is 20.0 Å². The third-order valence-corrected chi connectivity index (χ3v) is 3.29. The van der Waals surface area contributed by atoms with E-state index in [1.54, 1.807) is 18.9 Å². The first-order valence-electron chi connectivity index (χ1n) is 6.01. The number of aromatic nitrogens is 2. The van der Waals surface area contributed by atoms with E-state index in [1.165, 1.54) is 0 Å². The molecule has 0 fully saturated rings. The Bertz CT molecular complexity index is 618. The Morgan fingerprint density at radius 3 is 2.21 bits per heavy atom. The lowest BCUT2D eigenvalue weighted by Crippen LogP contribution is -1.99. The molecule has 1 aromatic heterocycles. The molecule has 0 saturated heterocycles. The number of aryl methyl sites for hydroxylation is 2. The van der Waals surface area contributed by atoms with Crippen molar-refractivity contribution in [2.45, 2.75) is 13.8 Å². The summed E-state index contributed by atoms with van der Waals surface area (Å²) < 4.78 is 12.6. The number of nitrogens with two attached hydrogens (primary N) is 1. The number of rotatable bonds is 3. The molecular formula is C14H19N3O2. The highest BCUT2D eigenvalue weighted by atomic mass is 16.5. The minimum Gasteiger partial charge on any atom is -0.496 e. The van der Waals surface area contributed by atoms with Crippen LogP contribution >= 0.6 is 0 Å². The Labute approximate surface area is 112 Å². The summed E-state index contributed by atoms with van der Waals surface area (Å²) in [5, 5.41) is 4.24. The second kappa shape index (κ2) is 4.84. The molecule has 0 spiro atoms. The number of anilines is 1. The lowest BCUT2D eigenvalue weighted by molar-refractivity contribution is 0.401. The monoisotopic (exact) mass is 261 g/mol. The van der Waals surface area contributed by atoms with Crippen LogP contribution in [0.4, 0.5) is 5.82 Å². The predicted molar refractivity (Wildman–Crippen MR) is 75.6 cm³/mol. The maximum Gasteiger partial charge on any atom is 0.149 e. The zero-order valence-electron chi connectivity index (χ0n) is 11.9. The van der Waals surface area contributed by atoms with Crippen LogP contribution in [0.1, 0.15) is 11.1 Å². The average molecular weight is 261 g/mol. The van der Waals surface area contributed by atoms with Crippen LogP contribution in [0.3, 0.4) is 0 Å². The molecule has 1 aromatic carbocycles. The highest BCUT2D eigenvalue weighted by Crippen LogP contribution is 2.38. The van der Waals surface area contributed by atoms with Crippen LogP contribution in [0.25, 0.3) is 11.3 Å². The minimum atomic E-state index is 0.527. The van der Waals surface area contributed by atoms with Crippen LogP contribution < -0.4 is 15.2 Å². The van der Waals surface area contributed by atoms with Gasteiger partial charge in [-0.2, -0.15) is 5.10 Å². The van der Waals surface area contributed by atoms with Crippen molar-refractivity contribution >= 4 is 5.82 Å². The van der Waals surface area contributed by atoms with E-state index in [0.717, 1.165) is 33.9 Å². The third kappa shape index (κ3) is 2.12. The summed E-state index contributed by atoms with van der Waals surface area (Å²) >= 11 is 0. The van der Waals surface area contributed by atoms with Gasteiger partial charge in [-0.3, -0.25) is 4.68 Å². The quantitative estimate of drug-likeness (QED) is 0.921. The predicted octanol–water partition coefficient (Wildman–Crippen LogP) is 2.30. The maximum atomic E-state index is 5.87. The van der Waals surface area contributed by atoms with Crippen molar-refractivity contribution in [3.05, 3.63) is 23.3 Å². The number of ether oxygens (including phenoxy) is 2. The van der Waals surface area contributed by atoms with Crippen molar-refractivity contribution in [1.29, 1.82) is 0 Å². The van der Waals surface area contributed by atoms with Crippen molar-refractivity contribution < 1.29 is 9.47 Å². The molecule has 5 nitrogen and oxygen atoms in total. The average Bonchev–Trinajstić information content (AvgIpc) is 2.63. The molecule has 19 heavy (non-hydrogen) atoms. The maximum absolute atomic E-state index is 5.87. The van der Waals surface area contributed by atoms with Crippen LogP contribution in [0.2, 0.25) is 0 Å². The molecule has 0 atom stereocenters. The molecule has 102 valence electrons. The highest BCUT2D eigenvalue weighted by molar-refractivity contribution is 5.75. The summed E-state index contributed by atoms with van der Waals surface area (Å²) in [5.41, 5.74) is 9.69. The molecule has 0 saturated carbocycles. The van der Waals surface area contributed by atoms with Gasteiger partial charge in [0.1, 0.15) is 17.3 Å². The van der Waals surface area contributed by atoms with Gasteiger partial charge in [0.2, 0.25) is 0 Å². The van der Waals surface area contributed by atoms with Crippen molar-refractivity contribution in [2.24, 2.45) is 7.05 Å². The Morgan fingerprint density at radius 2 is 1.74 bits per heavy atom. The van der Waals surface area contributed by atoms with Gasteiger partial charge in [-0.05, 0) is 31.5 Å². The van der Waals surface area contributed by atoms with E-state index in [0.29, 0.717) is 5.82 Å². The lowest BCUT2D eigenvalue weighted by atomic mass is 10.0. The second-order valence-electron chi connectivity index (χ2n) is 4.50. The topological polar surface area (TPSA) is 62.3 Å². The summed E-state index contributed by atoms with van der Waals surface area (Å²) in [7, 11) is 5.17. The van der Waals surface area contributed by atoms with Crippen LogP contribution in [-0.4, -0.2) is 24.0 Å². The van der Waals surface area contributed by atoms with Gasteiger partial charge in [0, 0.05) is 18.2 Å². The van der Waals surface area contributed by atoms with Crippen molar-refractivity contribution in [3.63, 3.8) is 0 Å². The van der Waals surface area contributed by atoms with Crippen LogP contribution in [0.15, 0.2) is 12.1 Å². The molecule has 5 heteroatoms. The molecule has 0 radical (unpaired) electrons. The second-order valence-corrected chi connectivity index (χ2v) is 4.50. The van der Waals surface area contributed by atoms with Crippen molar-refractivity contribution in [3.8, 4) is 22.8 Å². The van der Waals surface area contributed by atoms with Gasteiger partial charge in [0.15, 0.2) is 0 Å². The first kappa shape index (κ1) is 13.3. The molecule has 0 aliphatic rings. The smallest absolute Gasteiger partial charge is 0.149 e. The Morgan fingerprint density at radius 1 is 1.11 bits per heavy atom. The fourth-order valence-corrected chi connectivity index (χ4v) is 2.26. The number of benzene rings is 1. The fraction of sp³-hybridized carbons (Fsp3) is 0.357. The molecule has 0 bridgehead atoms. The summed E-state index contributed by atoms with van der Waals surface area (Å²) in [6, 6.07) is 3.91. The molecule has 0 amide bonds. The minimum absolute atomic E-state index is 0.527. The van der Waals surface area contributed by atoms with Gasteiger partial charge in [-0.25, -0.2) is 0 Å². The first-order valence-corrected chi connectivity index (χ1v) is 6.01. The molecular weight excluding hydrogens is 242 g/mol. The summed E-state index contributed by atoms with van der Waals surface area (Å²) in [5.74, 6) is 2.12. The summed E-state index contributed by atoms with van der Waals surface area (Å²) in [4.78, 5) is 0. The molecule has 0 aliphatic heterocycles. The largest absolute Gasteiger partial charge is 0.496 e. The van der Waals surface area contributed by atoms with Gasteiger partial charge in [0.25, 0.3) is 0 Å². The normalized spacial score (nSPS) is 10.6. The van der Waals surface area contributed by atoms with E-state index in [1.807, 2.05) is 33.0 Å². The number of methoxy groups -OCH3 is 2.